The third-order valence-corrected chi connectivity index (χ3v) is 4.70. The van der Waals surface area contributed by atoms with E-state index in [2.05, 4.69) is 10.6 Å². The Balaban J connectivity index is 2.39. The van der Waals surface area contributed by atoms with Gasteiger partial charge in [-0.3, -0.25) is 9.59 Å². The number of carbonyl (C=O) groups is 3. The summed E-state index contributed by atoms with van der Waals surface area (Å²) >= 11 is 0.987. The van der Waals surface area contributed by atoms with Crippen LogP contribution in [0.25, 0.3) is 0 Å². The first-order valence-corrected chi connectivity index (χ1v) is 8.65. The van der Waals surface area contributed by atoms with Gasteiger partial charge in [-0.15, -0.1) is 11.3 Å². The molecule has 0 radical (unpaired) electrons. The van der Waals surface area contributed by atoms with Crippen molar-refractivity contribution in [1.82, 2.24) is 5.32 Å². The SMILES string of the molecule is COC(=O)c1c(NC(=O)c2ccc(F)cc2)sc(C(=O)NC(C)C)c1C. The lowest BCUT2D eigenvalue weighted by Crippen LogP contribution is -2.29. The van der Waals surface area contributed by atoms with Crippen molar-refractivity contribution in [1.29, 1.82) is 0 Å². The summed E-state index contributed by atoms with van der Waals surface area (Å²) in [6, 6.07) is 4.90. The van der Waals surface area contributed by atoms with E-state index >= 15 is 0 Å². The zero-order chi connectivity index (χ0) is 19.4. The highest BCUT2D eigenvalue weighted by molar-refractivity contribution is 7.18. The maximum Gasteiger partial charge on any atom is 0.341 e. The van der Waals surface area contributed by atoms with Gasteiger partial charge in [-0.2, -0.15) is 0 Å². The van der Waals surface area contributed by atoms with Crippen molar-refractivity contribution in [2.75, 3.05) is 12.4 Å². The Morgan fingerprint density at radius 3 is 2.27 bits per heavy atom. The van der Waals surface area contributed by atoms with Gasteiger partial charge in [0.15, 0.2) is 0 Å². The molecular formula is C18H19FN2O4S. The van der Waals surface area contributed by atoms with Crippen LogP contribution >= 0.6 is 11.3 Å². The summed E-state index contributed by atoms with van der Waals surface area (Å²) in [4.78, 5) is 37.2. The second-order valence-corrected chi connectivity index (χ2v) is 6.86. The van der Waals surface area contributed by atoms with Crippen molar-refractivity contribution < 1.29 is 23.5 Å². The molecule has 0 aliphatic heterocycles. The van der Waals surface area contributed by atoms with Gasteiger partial charge in [0.05, 0.1) is 17.6 Å². The topological polar surface area (TPSA) is 84.5 Å². The summed E-state index contributed by atoms with van der Waals surface area (Å²) in [5, 5.41) is 5.57. The van der Waals surface area contributed by atoms with E-state index in [1.165, 1.54) is 19.2 Å². The van der Waals surface area contributed by atoms with Crippen LogP contribution in [0.1, 0.15) is 49.8 Å². The fourth-order valence-corrected chi connectivity index (χ4v) is 3.36. The summed E-state index contributed by atoms with van der Waals surface area (Å²) in [6.07, 6.45) is 0. The number of methoxy groups -OCH3 is 1. The third kappa shape index (κ3) is 4.26. The summed E-state index contributed by atoms with van der Waals surface area (Å²) in [5.41, 5.74) is 0.776. The highest BCUT2D eigenvalue weighted by Gasteiger charge is 2.26. The number of ether oxygens (including phenoxy) is 1. The number of rotatable bonds is 5. The maximum absolute atomic E-state index is 13.0. The Kier molecular flexibility index (Phi) is 6.10. The Morgan fingerprint density at radius 2 is 1.73 bits per heavy atom. The molecule has 2 aromatic rings. The Bertz CT molecular complexity index is 844. The largest absolute Gasteiger partial charge is 0.465 e. The predicted molar refractivity (Wildman–Crippen MR) is 97.4 cm³/mol. The van der Waals surface area contributed by atoms with Crippen molar-refractivity contribution in [3.63, 3.8) is 0 Å². The molecule has 1 heterocycles. The van der Waals surface area contributed by atoms with Crippen molar-refractivity contribution in [2.45, 2.75) is 26.8 Å². The first-order valence-electron chi connectivity index (χ1n) is 7.84. The summed E-state index contributed by atoms with van der Waals surface area (Å²) in [5.74, 6) is -1.98. The smallest absolute Gasteiger partial charge is 0.341 e. The van der Waals surface area contributed by atoms with Gasteiger partial charge in [0, 0.05) is 11.6 Å². The molecule has 0 saturated carbocycles. The van der Waals surface area contributed by atoms with Crippen LogP contribution < -0.4 is 10.6 Å². The molecule has 1 aromatic carbocycles. The van der Waals surface area contributed by atoms with Gasteiger partial charge >= 0.3 is 5.97 Å². The monoisotopic (exact) mass is 378 g/mol. The van der Waals surface area contributed by atoms with Crippen molar-refractivity contribution in [2.24, 2.45) is 0 Å². The zero-order valence-electron chi connectivity index (χ0n) is 14.8. The number of benzene rings is 1. The van der Waals surface area contributed by atoms with E-state index in [4.69, 9.17) is 4.74 Å². The van der Waals surface area contributed by atoms with Gasteiger partial charge in [-0.1, -0.05) is 0 Å². The molecule has 0 atom stereocenters. The van der Waals surface area contributed by atoms with Crippen molar-refractivity contribution >= 4 is 34.1 Å². The average Bonchev–Trinajstić information content (AvgIpc) is 2.90. The van der Waals surface area contributed by atoms with E-state index < -0.39 is 17.7 Å². The van der Waals surface area contributed by atoms with E-state index in [9.17, 15) is 18.8 Å². The number of amides is 2. The molecule has 2 rings (SSSR count). The predicted octanol–water partition coefficient (Wildman–Crippen LogP) is 3.37. The second-order valence-electron chi connectivity index (χ2n) is 5.84. The molecule has 138 valence electrons. The van der Waals surface area contributed by atoms with E-state index in [0.29, 0.717) is 10.4 Å². The van der Waals surface area contributed by atoms with Crippen LogP contribution in [0.5, 0.6) is 0 Å². The van der Waals surface area contributed by atoms with Gasteiger partial charge in [0.25, 0.3) is 11.8 Å². The standard InChI is InChI=1S/C18H19FN2O4S/c1-9(2)20-16(23)14-10(3)13(18(24)25-4)17(26-14)21-15(22)11-5-7-12(19)8-6-11/h5-9H,1-4H3,(H,20,23)(H,21,22). The van der Waals surface area contributed by atoms with Gasteiger partial charge in [-0.25, -0.2) is 9.18 Å². The zero-order valence-corrected chi connectivity index (χ0v) is 15.6. The van der Waals surface area contributed by atoms with Crippen molar-refractivity contribution in [3.05, 3.63) is 51.7 Å². The molecule has 0 aliphatic rings. The summed E-state index contributed by atoms with van der Waals surface area (Å²) in [7, 11) is 1.22. The molecule has 0 bridgehead atoms. The number of nitrogens with one attached hydrogen (secondary N) is 2. The molecular weight excluding hydrogens is 359 g/mol. The van der Waals surface area contributed by atoms with E-state index in [0.717, 1.165) is 23.5 Å². The number of thiophene rings is 1. The second kappa shape index (κ2) is 8.09. The van der Waals surface area contributed by atoms with Crippen LogP contribution in [0.2, 0.25) is 0 Å². The van der Waals surface area contributed by atoms with Crippen LogP contribution in [0.15, 0.2) is 24.3 Å². The van der Waals surface area contributed by atoms with Crippen LogP contribution in [0, 0.1) is 12.7 Å². The highest BCUT2D eigenvalue weighted by atomic mass is 32.1. The lowest BCUT2D eigenvalue weighted by molar-refractivity contribution is 0.0601. The number of carbonyl (C=O) groups excluding carboxylic acids is 3. The fraction of sp³-hybridized carbons (Fsp3) is 0.278. The first kappa shape index (κ1) is 19.6. The molecule has 2 N–H and O–H groups in total. The highest BCUT2D eigenvalue weighted by Crippen LogP contribution is 2.34. The van der Waals surface area contributed by atoms with E-state index in [1.54, 1.807) is 6.92 Å². The number of hydrogen-bond donors (Lipinski definition) is 2. The molecule has 0 aliphatic carbocycles. The molecule has 0 fully saturated rings. The molecule has 8 heteroatoms. The van der Waals surface area contributed by atoms with Crippen LogP contribution in [0.3, 0.4) is 0 Å². The first-order chi connectivity index (χ1) is 12.2. The van der Waals surface area contributed by atoms with E-state index in [-0.39, 0.29) is 28.1 Å². The minimum absolute atomic E-state index is 0.0807. The number of esters is 1. The quantitative estimate of drug-likeness (QED) is 0.782. The Hall–Kier alpha value is -2.74. The number of hydrogen-bond acceptors (Lipinski definition) is 5. The van der Waals surface area contributed by atoms with Crippen LogP contribution in [0.4, 0.5) is 9.39 Å². The van der Waals surface area contributed by atoms with Crippen molar-refractivity contribution in [3.8, 4) is 0 Å². The average molecular weight is 378 g/mol. The summed E-state index contributed by atoms with van der Waals surface area (Å²) < 4.78 is 17.8. The van der Waals surface area contributed by atoms with E-state index in [1.807, 2.05) is 13.8 Å². The molecule has 0 saturated heterocycles. The minimum atomic E-state index is -0.656. The fourth-order valence-electron chi connectivity index (χ4n) is 2.27. The molecule has 0 unspecified atom stereocenters. The molecule has 6 nitrogen and oxygen atoms in total. The van der Waals surface area contributed by atoms with Crippen LogP contribution in [-0.2, 0) is 4.74 Å². The Labute approximate surface area is 154 Å². The maximum atomic E-state index is 13.0. The minimum Gasteiger partial charge on any atom is -0.465 e. The summed E-state index contributed by atoms with van der Waals surface area (Å²) in [6.45, 7) is 5.25. The lowest BCUT2D eigenvalue weighted by atomic mass is 10.1. The van der Waals surface area contributed by atoms with Crippen LogP contribution in [-0.4, -0.2) is 30.9 Å². The Morgan fingerprint density at radius 1 is 1.12 bits per heavy atom. The molecule has 1 aromatic heterocycles. The molecule has 26 heavy (non-hydrogen) atoms. The van der Waals surface area contributed by atoms with Gasteiger partial charge < -0.3 is 15.4 Å². The molecule has 0 spiro atoms. The lowest BCUT2D eigenvalue weighted by Gasteiger charge is -2.07. The number of anilines is 1. The van der Waals surface area contributed by atoms with Gasteiger partial charge in [-0.05, 0) is 50.6 Å². The van der Waals surface area contributed by atoms with Gasteiger partial charge in [0.2, 0.25) is 0 Å². The normalized spacial score (nSPS) is 10.5. The molecule has 2 amide bonds. The number of halogens is 1. The van der Waals surface area contributed by atoms with Gasteiger partial charge in [0.1, 0.15) is 10.8 Å². The third-order valence-electron chi connectivity index (χ3n) is 3.50.